The highest BCUT2D eigenvalue weighted by Crippen LogP contribution is 2.39. The molecule has 0 aliphatic rings. The summed E-state index contributed by atoms with van der Waals surface area (Å²) in [5.41, 5.74) is 13.6. The van der Waals surface area contributed by atoms with Gasteiger partial charge in [0, 0.05) is 33.5 Å². The van der Waals surface area contributed by atoms with Crippen LogP contribution in [0.3, 0.4) is 0 Å². The first kappa shape index (κ1) is 30.7. The van der Waals surface area contributed by atoms with E-state index in [1.165, 1.54) is 38.5 Å². The maximum Gasteiger partial charge on any atom is 0.0541 e. The Balaban J connectivity index is 1.17. The lowest BCUT2D eigenvalue weighted by Crippen LogP contribution is -2.10. The molecule has 0 aliphatic heterocycles. The minimum atomic E-state index is 1.03. The highest BCUT2D eigenvalue weighted by atomic mass is 15.1. The molecule has 0 amide bonds. The lowest BCUT2D eigenvalue weighted by atomic mass is 10.0. The average molecular weight is 641 g/mol. The van der Waals surface area contributed by atoms with Gasteiger partial charge in [0.1, 0.15) is 0 Å². The van der Waals surface area contributed by atoms with E-state index < -0.39 is 0 Å². The van der Waals surface area contributed by atoms with Crippen LogP contribution >= 0.6 is 0 Å². The van der Waals surface area contributed by atoms with E-state index in [-0.39, 0.29) is 0 Å². The Bertz CT molecular complexity index is 2440. The van der Waals surface area contributed by atoms with Gasteiger partial charge >= 0.3 is 0 Å². The van der Waals surface area contributed by atoms with E-state index >= 15 is 0 Å². The molecule has 0 saturated heterocycles. The molecule has 0 aliphatic carbocycles. The van der Waals surface area contributed by atoms with Crippen LogP contribution in [-0.4, -0.2) is 4.57 Å². The summed E-state index contributed by atoms with van der Waals surface area (Å²) in [6, 6.07) is 62.9. The lowest BCUT2D eigenvalue weighted by Gasteiger charge is -2.27. The number of nitrogens with zero attached hydrogens (tertiary/aromatic N) is 2. The zero-order chi connectivity index (χ0) is 33.9. The van der Waals surface area contributed by atoms with E-state index in [0.29, 0.717) is 0 Å². The first-order valence-corrected chi connectivity index (χ1v) is 16.9. The number of anilines is 3. The first-order chi connectivity index (χ1) is 24.7. The molecule has 0 atom stereocenters. The Morgan fingerprint density at radius 2 is 1.00 bits per heavy atom. The van der Waals surface area contributed by atoms with Crippen LogP contribution in [0.15, 0.2) is 207 Å². The summed E-state index contributed by atoms with van der Waals surface area (Å²) in [6.07, 6.45) is 5.68. The smallest absolute Gasteiger partial charge is 0.0541 e. The van der Waals surface area contributed by atoms with Crippen LogP contribution in [0.5, 0.6) is 0 Å². The second-order valence-electron chi connectivity index (χ2n) is 12.3. The molecule has 7 aromatic carbocycles. The molecule has 0 saturated carbocycles. The molecule has 1 aromatic heterocycles. The van der Waals surface area contributed by atoms with Gasteiger partial charge in [0.2, 0.25) is 0 Å². The Morgan fingerprint density at radius 1 is 0.460 bits per heavy atom. The van der Waals surface area contributed by atoms with E-state index in [0.717, 1.165) is 39.4 Å². The third-order valence-electron chi connectivity index (χ3n) is 9.33. The van der Waals surface area contributed by atoms with Gasteiger partial charge in [-0.3, -0.25) is 0 Å². The fraction of sp³-hybridized carbons (Fsp3) is 0. The number of para-hydroxylation sites is 2. The number of fused-ring (bicyclic) bond motifs is 3. The van der Waals surface area contributed by atoms with Gasteiger partial charge in [0.25, 0.3) is 0 Å². The van der Waals surface area contributed by atoms with Crippen LogP contribution in [0, 0.1) is 0 Å². The molecular weight excluding hydrogens is 605 g/mol. The molecular formula is C48H36N2. The van der Waals surface area contributed by atoms with Crippen molar-refractivity contribution in [1.29, 1.82) is 0 Å². The predicted octanol–water partition coefficient (Wildman–Crippen LogP) is 13.3. The number of hydrogen-bond donors (Lipinski definition) is 0. The molecule has 2 nitrogen and oxygen atoms in total. The molecule has 50 heavy (non-hydrogen) atoms. The topological polar surface area (TPSA) is 8.17 Å². The normalized spacial score (nSPS) is 11.5. The van der Waals surface area contributed by atoms with Crippen molar-refractivity contribution < 1.29 is 0 Å². The summed E-state index contributed by atoms with van der Waals surface area (Å²) >= 11 is 0. The summed E-state index contributed by atoms with van der Waals surface area (Å²) in [5.74, 6) is 0. The summed E-state index contributed by atoms with van der Waals surface area (Å²) in [5, 5.41) is 2.54. The van der Waals surface area contributed by atoms with Crippen LogP contribution in [0.2, 0.25) is 0 Å². The quantitative estimate of drug-likeness (QED) is 0.143. The minimum Gasteiger partial charge on any atom is -0.310 e. The van der Waals surface area contributed by atoms with Crippen LogP contribution < -0.4 is 4.90 Å². The van der Waals surface area contributed by atoms with Crippen molar-refractivity contribution in [3.63, 3.8) is 0 Å². The van der Waals surface area contributed by atoms with E-state index in [9.17, 15) is 0 Å². The van der Waals surface area contributed by atoms with Crippen molar-refractivity contribution in [3.05, 3.63) is 213 Å². The van der Waals surface area contributed by atoms with E-state index in [1.807, 2.05) is 12.2 Å². The standard InChI is InChI=1S/C48H36N2/c1-3-14-35(4-2)39-17-12-19-43(33-39)49(44-20-13-18-40(34-44)36-15-6-5-7-16-36)41-29-25-37(26-30-41)38-27-31-42(32-28-38)50-47-23-10-8-21-45(47)46-22-9-11-24-48(46)50/h3-34H,1-2H2/b35-14+. The van der Waals surface area contributed by atoms with Crippen molar-refractivity contribution in [2.75, 3.05) is 4.90 Å². The Labute approximate surface area is 293 Å². The molecule has 0 bridgehead atoms. The molecule has 8 aromatic rings. The highest BCUT2D eigenvalue weighted by molar-refractivity contribution is 6.09. The number of aromatic nitrogens is 1. The van der Waals surface area contributed by atoms with Gasteiger partial charge in [-0.2, -0.15) is 0 Å². The maximum atomic E-state index is 4.05. The van der Waals surface area contributed by atoms with Crippen LogP contribution in [0.1, 0.15) is 5.56 Å². The van der Waals surface area contributed by atoms with Crippen molar-refractivity contribution >= 4 is 44.4 Å². The Morgan fingerprint density at radius 3 is 1.64 bits per heavy atom. The fourth-order valence-corrected chi connectivity index (χ4v) is 6.94. The summed E-state index contributed by atoms with van der Waals surface area (Å²) in [7, 11) is 0. The predicted molar refractivity (Wildman–Crippen MR) is 215 cm³/mol. The van der Waals surface area contributed by atoms with E-state index in [1.54, 1.807) is 6.08 Å². The molecule has 1 heterocycles. The van der Waals surface area contributed by atoms with Gasteiger partial charge in [-0.25, -0.2) is 0 Å². The van der Waals surface area contributed by atoms with Gasteiger partial charge < -0.3 is 9.47 Å². The zero-order valence-electron chi connectivity index (χ0n) is 27.8. The molecule has 8 rings (SSSR count). The van der Waals surface area contributed by atoms with Gasteiger partial charge in [0.05, 0.1) is 11.0 Å². The van der Waals surface area contributed by atoms with E-state index in [2.05, 4.69) is 199 Å². The summed E-state index contributed by atoms with van der Waals surface area (Å²) in [4.78, 5) is 2.32. The van der Waals surface area contributed by atoms with Crippen molar-refractivity contribution in [1.82, 2.24) is 4.57 Å². The molecule has 2 heteroatoms. The molecule has 0 N–H and O–H groups in total. The van der Waals surface area contributed by atoms with Crippen LogP contribution in [0.4, 0.5) is 17.1 Å². The number of rotatable bonds is 9. The van der Waals surface area contributed by atoms with Crippen molar-refractivity contribution in [2.24, 2.45) is 0 Å². The molecule has 0 spiro atoms. The molecule has 238 valence electrons. The van der Waals surface area contributed by atoms with Crippen LogP contribution in [-0.2, 0) is 0 Å². The second kappa shape index (κ2) is 13.5. The lowest BCUT2D eigenvalue weighted by molar-refractivity contribution is 1.18. The third-order valence-corrected chi connectivity index (χ3v) is 9.33. The average Bonchev–Trinajstić information content (AvgIpc) is 3.52. The zero-order valence-corrected chi connectivity index (χ0v) is 27.8. The summed E-state index contributed by atoms with van der Waals surface area (Å²) in [6.45, 7) is 7.95. The van der Waals surface area contributed by atoms with Gasteiger partial charge in [-0.05, 0) is 94.1 Å². The number of benzene rings is 7. The van der Waals surface area contributed by atoms with Crippen molar-refractivity contribution in [3.8, 4) is 27.9 Å². The number of allylic oxidation sites excluding steroid dienone is 4. The Kier molecular flexibility index (Phi) is 8.26. The maximum absolute atomic E-state index is 4.05. The van der Waals surface area contributed by atoms with Crippen molar-refractivity contribution in [2.45, 2.75) is 0 Å². The molecule has 0 fully saturated rings. The third kappa shape index (κ3) is 5.74. The first-order valence-electron chi connectivity index (χ1n) is 16.9. The summed E-state index contributed by atoms with van der Waals surface area (Å²) < 4.78 is 2.36. The van der Waals surface area contributed by atoms with Gasteiger partial charge in [0.15, 0.2) is 0 Å². The minimum absolute atomic E-state index is 1.03. The number of hydrogen-bond acceptors (Lipinski definition) is 1. The van der Waals surface area contributed by atoms with E-state index in [4.69, 9.17) is 0 Å². The molecule has 0 radical (unpaired) electrons. The van der Waals surface area contributed by atoms with Crippen LogP contribution in [0.25, 0.3) is 55.3 Å². The highest BCUT2D eigenvalue weighted by Gasteiger charge is 2.16. The van der Waals surface area contributed by atoms with Gasteiger partial charge in [-0.15, -0.1) is 0 Å². The SMILES string of the molecule is C=C/C=C(\C=C)c1cccc(N(c2ccc(-c3ccc(-n4c5ccccc5c5ccccc54)cc3)cc2)c2cccc(-c3ccccc3)c2)c1. The monoisotopic (exact) mass is 640 g/mol. The van der Waals surface area contributed by atoms with Gasteiger partial charge in [-0.1, -0.05) is 147 Å². The fourth-order valence-electron chi connectivity index (χ4n) is 6.94. The Hall–Kier alpha value is -6.64. The largest absolute Gasteiger partial charge is 0.310 e. The molecule has 0 unspecified atom stereocenters. The second-order valence-corrected chi connectivity index (χ2v) is 12.3.